The zero-order valence-corrected chi connectivity index (χ0v) is 20.2. The molecule has 3 aromatic heterocycles. The highest BCUT2D eigenvalue weighted by Crippen LogP contribution is 2.29. The second-order valence-corrected chi connectivity index (χ2v) is 10.0. The Kier molecular flexibility index (Phi) is 5.62. The van der Waals surface area contributed by atoms with Crippen LogP contribution < -0.4 is 15.5 Å². The van der Waals surface area contributed by atoms with E-state index >= 15 is 0 Å². The fraction of sp³-hybridized carbons (Fsp3) is 0.320. The van der Waals surface area contributed by atoms with E-state index < -0.39 is 0 Å². The molecular weight excluding hydrogens is 465 g/mol. The number of amides is 1. The number of halogens is 1. The Morgan fingerprint density at radius 3 is 2.71 bits per heavy atom. The predicted molar refractivity (Wildman–Crippen MR) is 137 cm³/mol. The number of likely N-dealkylation sites (N-methyl/N-ethyl adjacent to an activating group) is 1. The summed E-state index contributed by atoms with van der Waals surface area (Å²) in [5.74, 6) is 0.697. The lowest BCUT2D eigenvalue weighted by molar-refractivity contribution is 0.0951. The van der Waals surface area contributed by atoms with Crippen molar-refractivity contribution >= 4 is 44.8 Å². The SMILES string of the molecule is CN1CCN(c2ccc(Nc3nc(-n4ccc(C(=O)NC5CC5)c4)c4ccsc4n3)cc2F)CC1. The molecule has 0 unspecified atom stereocenters. The minimum Gasteiger partial charge on any atom is -0.367 e. The average molecular weight is 492 g/mol. The molecule has 8 nitrogen and oxygen atoms in total. The number of fused-ring (bicyclic) bond motifs is 1. The summed E-state index contributed by atoms with van der Waals surface area (Å²) >= 11 is 1.51. The number of piperazine rings is 1. The number of benzene rings is 1. The van der Waals surface area contributed by atoms with Crippen LogP contribution in [-0.4, -0.2) is 64.6 Å². The maximum Gasteiger partial charge on any atom is 0.253 e. The smallest absolute Gasteiger partial charge is 0.253 e. The summed E-state index contributed by atoms with van der Waals surface area (Å²) in [4.78, 5) is 26.9. The number of aromatic nitrogens is 3. The standard InChI is InChI=1S/C25H26FN7OS/c1-31-9-11-32(12-10-31)21-5-4-18(14-20(21)26)28-25-29-22(19-7-13-35-24(19)30-25)33-8-6-16(15-33)23(34)27-17-2-3-17/h4-8,13-15,17H,2-3,9-12H2,1H3,(H,27,34)(H,28,29,30). The number of anilines is 3. The first kappa shape index (κ1) is 22.0. The van der Waals surface area contributed by atoms with E-state index in [2.05, 4.69) is 32.5 Å². The average Bonchev–Trinajstić information content (AvgIpc) is 3.31. The molecule has 0 spiro atoms. The summed E-state index contributed by atoms with van der Waals surface area (Å²) in [6.07, 6.45) is 5.70. The van der Waals surface area contributed by atoms with Crippen LogP contribution in [0.4, 0.5) is 21.7 Å². The molecule has 4 aromatic rings. The van der Waals surface area contributed by atoms with Crippen LogP contribution in [0, 0.1) is 5.82 Å². The highest BCUT2D eigenvalue weighted by atomic mass is 32.1. The summed E-state index contributed by atoms with van der Waals surface area (Å²) < 4.78 is 16.8. The van der Waals surface area contributed by atoms with Gasteiger partial charge in [0.2, 0.25) is 5.95 Å². The van der Waals surface area contributed by atoms with Crippen LogP contribution >= 0.6 is 11.3 Å². The molecule has 2 N–H and O–H groups in total. The fourth-order valence-electron chi connectivity index (χ4n) is 4.27. The zero-order valence-electron chi connectivity index (χ0n) is 19.4. The highest BCUT2D eigenvalue weighted by molar-refractivity contribution is 7.16. The minimum atomic E-state index is -0.270. The third-order valence-electron chi connectivity index (χ3n) is 6.46. The minimum absolute atomic E-state index is 0.0730. The van der Waals surface area contributed by atoms with E-state index in [-0.39, 0.29) is 11.7 Å². The number of carbonyl (C=O) groups excluding carboxylic acids is 1. The Labute approximate surface area is 206 Å². The van der Waals surface area contributed by atoms with Gasteiger partial charge in [0.1, 0.15) is 10.6 Å². The van der Waals surface area contributed by atoms with Crippen LogP contribution in [0.3, 0.4) is 0 Å². The van der Waals surface area contributed by atoms with Crippen LogP contribution in [0.2, 0.25) is 0 Å². The van der Waals surface area contributed by atoms with Crippen molar-refractivity contribution in [2.45, 2.75) is 18.9 Å². The molecule has 1 aromatic carbocycles. The Balaban J connectivity index is 1.26. The van der Waals surface area contributed by atoms with E-state index in [0.717, 1.165) is 49.2 Å². The molecule has 1 aliphatic heterocycles. The molecule has 1 aliphatic carbocycles. The van der Waals surface area contributed by atoms with Crippen molar-refractivity contribution < 1.29 is 9.18 Å². The monoisotopic (exact) mass is 491 g/mol. The predicted octanol–water partition coefficient (Wildman–Crippen LogP) is 4.01. The van der Waals surface area contributed by atoms with Crippen molar-refractivity contribution in [2.75, 3.05) is 43.4 Å². The molecule has 0 radical (unpaired) electrons. The van der Waals surface area contributed by atoms with Gasteiger partial charge in [-0.3, -0.25) is 4.79 Å². The van der Waals surface area contributed by atoms with E-state index in [4.69, 9.17) is 4.98 Å². The molecule has 1 amide bonds. The summed E-state index contributed by atoms with van der Waals surface area (Å²) in [6.45, 7) is 3.44. The van der Waals surface area contributed by atoms with Crippen LogP contribution in [0.1, 0.15) is 23.2 Å². The molecule has 10 heteroatoms. The molecule has 35 heavy (non-hydrogen) atoms. The largest absolute Gasteiger partial charge is 0.367 e. The van der Waals surface area contributed by atoms with Crippen LogP contribution in [0.25, 0.3) is 16.0 Å². The molecule has 1 saturated carbocycles. The van der Waals surface area contributed by atoms with Gasteiger partial charge in [0.15, 0.2) is 5.82 Å². The number of nitrogens with zero attached hydrogens (tertiary/aromatic N) is 5. The maximum absolute atomic E-state index is 15.0. The Morgan fingerprint density at radius 1 is 1.11 bits per heavy atom. The number of carbonyl (C=O) groups is 1. The van der Waals surface area contributed by atoms with Crippen molar-refractivity contribution in [3.8, 4) is 5.82 Å². The highest BCUT2D eigenvalue weighted by Gasteiger charge is 2.24. The van der Waals surface area contributed by atoms with Gasteiger partial charge in [-0.15, -0.1) is 11.3 Å². The van der Waals surface area contributed by atoms with Crippen molar-refractivity contribution in [3.63, 3.8) is 0 Å². The van der Waals surface area contributed by atoms with Crippen LogP contribution in [0.15, 0.2) is 48.1 Å². The van der Waals surface area contributed by atoms with E-state index in [9.17, 15) is 9.18 Å². The Hall–Kier alpha value is -3.50. The summed E-state index contributed by atoms with van der Waals surface area (Å²) in [5, 5.41) is 9.02. The third kappa shape index (κ3) is 4.59. The quantitative estimate of drug-likeness (QED) is 0.424. The molecule has 1 saturated heterocycles. The summed E-state index contributed by atoms with van der Waals surface area (Å²) in [5.41, 5.74) is 1.79. The van der Waals surface area contributed by atoms with E-state index in [1.165, 1.54) is 17.4 Å². The van der Waals surface area contributed by atoms with Gasteiger partial charge in [0.25, 0.3) is 5.91 Å². The van der Waals surface area contributed by atoms with Gasteiger partial charge in [-0.2, -0.15) is 4.98 Å². The van der Waals surface area contributed by atoms with Gasteiger partial charge in [-0.1, -0.05) is 0 Å². The van der Waals surface area contributed by atoms with Crippen molar-refractivity contribution in [3.05, 3.63) is 59.5 Å². The Bertz CT molecular complexity index is 1390. The second-order valence-electron chi connectivity index (χ2n) is 9.15. The fourth-order valence-corrected chi connectivity index (χ4v) is 5.03. The molecule has 6 rings (SSSR count). The van der Waals surface area contributed by atoms with Gasteiger partial charge in [0, 0.05) is 50.3 Å². The lowest BCUT2D eigenvalue weighted by Gasteiger charge is -2.34. The molecular formula is C25H26FN7OS. The van der Waals surface area contributed by atoms with Crippen molar-refractivity contribution in [2.24, 2.45) is 0 Å². The van der Waals surface area contributed by atoms with Gasteiger partial charge in [-0.05, 0) is 55.6 Å². The van der Waals surface area contributed by atoms with Crippen LogP contribution in [-0.2, 0) is 0 Å². The normalized spacial score (nSPS) is 16.6. The number of hydrogen-bond acceptors (Lipinski definition) is 7. The third-order valence-corrected chi connectivity index (χ3v) is 7.27. The molecule has 180 valence electrons. The van der Waals surface area contributed by atoms with Gasteiger partial charge in [0.05, 0.1) is 16.6 Å². The van der Waals surface area contributed by atoms with E-state index in [0.29, 0.717) is 34.7 Å². The van der Waals surface area contributed by atoms with Crippen LogP contribution in [0.5, 0.6) is 0 Å². The molecule has 0 bridgehead atoms. The molecule has 4 heterocycles. The molecule has 2 aliphatic rings. The van der Waals surface area contributed by atoms with Gasteiger partial charge >= 0.3 is 0 Å². The summed E-state index contributed by atoms with van der Waals surface area (Å²) in [7, 11) is 2.08. The van der Waals surface area contributed by atoms with Gasteiger partial charge < -0.3 is 25.0 Å². The lowest BCUT2D eigenvalue weighted by Crippen LogP contribution is -2.44. The molecule has 0 atom stereocenters. The number of hydrogen-bond donors (Lipinski definition) is 2. The van der Waals surface area contributed by atoms with Crippen molar-refractivity contribution in [1.82, 2.24) is 24.8 Å². The Morgan fingerprint density at radius 2 is 1.94 bits per heavy atom. The number of nitrogens with one attached hydrogen (secondary N) is 2. The topological polar surface area (TPSA) is 78.3 Å². The molecule has 2 fully saturated rings. The first-order valence-corrected chi connectivity index (χ1v) is 12.7. The summed E-state index contributed by atoms with van der Waals surface area (Å²) in [6, 6.07) is 9.21. The second kappa shape index (κ2) is 8.94. The van der Waals surface area contributed by atoms with Gasteiger partial charge in [-0.25, -0.2) is 9.37 Å². The number of thiophene rings is 1. The zero-order chi connectivity index (χ0) is 23.9. The lowest BCUT2D eigenvalue weighted by atomic mass is 10.2. The van der Waals surface area contributed by atoms with E-state index in [1.807, 2.05) is 34.3 Å². The first-order valence-electron chi connectivity index (χ1n) is 11.8. The van der Waals surface area contributed by atoms with E-state index in [1.54, 1.807) is 12.3 Å². The number of rotatable bonds is 6. The first-order chi connectivity index (χ1) is 17.0. The maximum atomic E-state index is 15.0. The van der Waals surface area contributed by atoms with Crippen molar-refractivity contribution in [1.29, 1.82) is 0 Å².